The van der Waals surface area contributed by atoms with Gasteiger partial charge in [-0.3, -0.25) is 0 Å². The van der Waals surface area contributed by atoms with Crippen LogP contribution in [0.15, 0.2) is 66.7 Å². The van der Waals surface area contributed by atoms with Gasteiger partial charge in [0.1, 0.15) is 11.6 Å². The number of fused-ring (bicyclic) bond motifs is 1. The fraction of sp³-hybridized carbons (Fsp3) is 0.143. The third-order valence-electron chi connectivity index (χ3n) is 4.28. The SMILES string of the molecule is COc1cccc(-c2cc3nc(-c4ccccc4)cc(NCCO)n3n2)c1. The molecule has 6 heteroatoms. The summed E-state index contributed by atoms with van der Waals surface area (Å²) in [6.07, 6.45) is 0. The lowest BCUT2D eigenvalue weighted by Crippen LogP contribution is -2.10. The summed E-state index contributed by atoms with van der Waals surface area (Å²) in [6.45, 7) is 0.468. The molecule has 0 atom stereocenters. The lowest BCUT2D eigenvalue weighted by Gasteiger charge is -2.09. The van der Waals surface area contributed by atoms with Crippen LogP contribution in [-0.2, 0) is 0 Å². The van der Waals surface area contributed by atoms with E-state index in [2.05, 4.69) is 5.32 Å². The van der Waals surface area contributed by atoms with E-state index in [1.165, 1.54) is 0 Å². The Morgan fingerprint density at radius 3 is 2.56 bits per heavy atom. The minimum absolute atomic E-state index is 0.0362. The lowest BCUT2D eigenvalue weighted by molar-refractivity contribution is 0.311. The molecule has 4 aromatic rings. The van der Waals surface area contributed by atoms with E-state index in [9.17, 15) is 5.11 Å². The standard InChI is InChI=1S/C21H20N4O2/c1-27-17-9-5-8-16(12-17)19-14-21-23-18(15-6-3-2-4-7-15)13-20(22-10-11-26)25(21)24-19/h2-9,12-14,22,26H,10-11H2,1H3. The Kier molecular flexibility index (Phi) is 4.72. The topological polar surface area (TPSA) is 71.7 Å². The van der Waals surface area contributed by atoms with Gasteiger partial charge in [0, 0.05) is 29.8 Å². The maximum Gasteiger partial charge on any atom is 0.158 e. The summed E-state index contributed by atoms with van der Waals surface area (Å²) in [5.41, 5.74) is 4.36. The summed E-state index contributed by atoms with van der Waals surface area (Å²) in [7, 11) is 1.65. The average molecular weight is 360 g/mol. The Labute approximate surface area is 157 Å². The van der Waals surface area contributed by atoms with Crippen LogP contribution in [0.4, 0.5) is 5.82 Å². The van der Waals surface area contributed by atoms with E-state index in [1.807, 2.05) is 66.7 Å². The highest BCUT2D eigenvalue weighted by molar-refractivity contribution is 5.71. The van der Waals surface area contributed by atoms with Gasteiger partial charge in [0.05, 0.1) is 25.1 Å². The Hall–Kier alpha value is -3.38. The lowest BCUT2D eigenvalue weighted by atomic mass is 10.1. The van der Waals surface area contributed by atoms with Crippen LogP contribution in [0.1, 0.15) is 0 Å². The van der Waals surface area contributed by atoms with Gasteiger partial charge in [-0.05, 0) is 12.1 Å². The van der Waals surface area contributed by atoms with E-state index in [-0.39, 0.29) is 6.61 Å². The summed E-state index contributed by atoms with van der Waals surface area (Å²) in [6, 6.07) is 21.7. The van der Waals surface area contributed by atoms with Crippen LogP contribution in [0.25, 0.3) is 28.2 Å². The second-order valence-corrected chi connectivity index (χ2v) is 6.07. The molecule has 0 radical (unpaired) electrons. The van der Waals surface area contributed by atoms with Crippen LogP contribution in [-0.4, -0.2) is 40.0 Å². The van der Waals surface area contributed by atoms with Crippen molar-refractivity contribution < 1.29 is 9.84 Å². The highest BCUT2D eigenvalue weighted by Gasteiger charge is 2.12. The molecule has 0 aliphatic carbocycles. The fourth-order valence-electron chi connectivity index (χ4n) is 2.96. The number of hydrogen-bond acceptors (Lipinski definition) is 5. The van der Waals surface area contributed by atoms with Crippen LogP contribution in [0.3, 0.4) is 0 Å². The van der Waals surface area contributed by atoms with Crippen molar-refractivity contribution in [3.05, 3.63) is 66.7 Å². The maximum atomic E-state index is 9.21. The summed E-state index contributed by atoms with van der Waals surface area (Å²) in [4.78, 5) is 4.77. The molecule has 0 bridgehead atoms. The molecule has 27 heavy (non-hydrogen) atoms. The predicted molar refractivity (Wildman–Crippen MR) is 106 cm³/mol. The molecule has 0 fully saturated rings. The van der Waals surface area contributed by atoms with E-state index in [4.69, 9.17) is 14.8 Å². The van der Waals surface area contributed by atoms with Crippen molar-refractivity contribution in [3.63, 3.8) is 0 Å². The Balaban J connectivity index is 1.85. The van der Waals surface area contributed by atoms with Gasteiger partial charge < -0.3 is 15.2 Å². The minimum atomic E-state index is 0.0362. The molecule has 2 aromatic heterocycles. The van der Waals surface area contributed by atoms with Crippen molar-refractivity contribution >= 4 is 11.5 Å². The number of aliphatic hydroxyl groups is 1. The number of aromatic nitrogens is 3. The van der Waals surface area contributed by atoms with Crippen LogP contribution in [0.5, 0.6) is 5.75 Å². The highest BCUT2D eigenvalue weighted by Crippen LogP contribution is 2.27. The number of hydrogen-bond donors (Lipinski definition) is 2. The van der Waals surface area contributed by atoms with Crippen molar-refractivity contribution in [2.75, 3.05) is 25.6 Å². The van der Waals surface area contributed by atoms with Crippen molar-refractivity contribution in [1.29, 1.82) is 0 Å². The smallest absolute Gasteiger partial charge is 0.158 e. The maximum absolute atomic E-state index is 9.21. The summed E-state index contributed by atoms with van der Waals surface area (Å²) in [5.74, 6) is 1.56. The summed E-state index contributed by atoms with van der Waals surface area (Å²) in [5, 5.41) is 17.1. The van der Waals surface area contributed by atoms with Crippen molar-refractivity contribution in [2.24, 2.45) is 0 Å². The van der Waals surface area contributed by atoms with E-state index < -0.39 is 0 Å². The molecule has 0 saturated heterocycles. The number of rotatable bonds is 6. The summed E-state index contributed by atoms with van der Waals surface area (Å²) < 4.78 is 7.07. The molecule has 6 nitrogen and oxygen atoms in total. The van der Waals surface area contributed by atoms with Crippen molar-refractivity contribution in [1.82, 2.24) is 14.6 Å². The number of methoxy groups -OCH3 is 1. The first kappa shape index (κ1) is 17.1. The van der Waals surface area contributed by atoms with E-state index >= 15 is 0 Å². The largest absolute Gasteiger partial charge is 0.497 e. The zero-order valence-electron chi connectivity index (χ0n) is 15.0. The fourth-order valence-corrected chi connectivity index (χ4v) is 2.96. The zero-order chi connectivity index (χ0) is 18.6. The molecule has 2 N–H and O–H groups in total. The van der Waals surface area contributed by atoms with Gasteiger partial charge in [-0.1, -0.05) is 42.5 Å². The number of nitrogens with zero attached hydrogens (tertiary/aromatic N) is 3. The molecule has 0 spiro atoms. The molecule has 4 rings (SSSR count). The molecule has 136 valence electrons. The molecule has 2 aromatic carbocycles. The molecule has 0 saturated carbocycles. The number of anilines is 1. The first-order chi connectivity index (χ1) is 13.3. The zero-order valence-corrected chi connectivity index (χ0v) is 15.0. The molecule has 0 aliphatic heterocycles. The van der Waals surface area contributed by atoms with Gasteiger partial charge in [0.25, 0.3) is 0 Å². The average Bonchev–Trinajstić information content (AvgIpc) is 3.17. The van der Waals surface area contributed by atoms with Crippen molar-refractivity contribution in [3.8, 4) is 28.3 Å². The number of nitrogens with one attached hydrogen (secondary N) is 1. The molecule has 0 amide bonds. The molecule has 0 unspecified atom stereocenters. The van der Waals surface area contributed by atoms with Gasteiger partial charge in [-0.25, -0.2) is 4.98 Å². The Bertz CT molecular complexity index is 1060. The summed E-state index contributed by atoms with van der Waals surface area (Å²) >= 11 is 0. The van der Waals surface area contributed by atoms with Crippen LogP contribution >= 0.6 is 0 Å². The van der Waals surface area contributed by atoms with Gasteiger partial charge in [0.2, 0.25) is 0 Å². The third kappa shape index (κ3) is 3.47. The molecule has 2 heterocycles. The van der Waals surface area contributed by atoms with E-state index in [1.54, 1.807) is 11.6 Å². The second-order valence-electron chi connectivity index (χ2n) is 6.07. The Morgan fingerprint density at radius 1 is 0.963 bits per heavy atom. The monoisotopic (exact) mass is 360 g/mol. The van der Waals surface area contributed by atoms with Crippen molar-refractivity contribution in [2.45, 2.75) is 0 Å². The van der Waals surface area contributed by atoms with Gasteiger partial charge in [-0.2, -0.15) is 9.61 Å². The molecular weight excluding hydrogens is 340 g/mol. The Morgan fingerprint density at radius 2 is 1.78 bits per heavy atom. The van der Waals surface area contributed by atoms with E-state index in [0.29, 0.717) is 6.54 Å². The number of benzene rings is 2. The van der Waals surface area contributed by atoms with E-state index in [0.717, 1.165) is 39.7 Å². The third-order valence-corrected chi connectivity index (χ3v) is 4.28. The van der Waals surface area contributed by atoms with Crippen LogP contribution < -0.4 is 10.1 Å². The first-order valence-electron chi connectivity index (χ1n) is 8.74. The second kappa shape index (κ2) is 7.47. The number of ether oxygens (including phenoxy) is 1. The molecular formula is C21H20N4O2. The normalized spacial score (nSPS) is 10.9. The number of aliphatic hydroxyl groups excluding tert-OH is 1. The first-order valence-corrected chi connectivity index (χ1v) is 8.74. The highest BCUT2D eigenvalue weighted by atomic mass is 16.5. The van der Waals surface area contributed by atoms with Gasteiger partial charge >= 0.3 is 0 Å². The van der Waals surface area contributed by atoms with Crippen LogP contribution in [0.2, 0.25) is 0 Å². The molecule has 0 aliphatic rings. The quantitative estimate of drug-likeness (QED) is 0.551. The van der Waals surface area contributed by atoms with Gasteiger partial charge in [-0.15, -0.1) is 0 Å². The minimum Gasteiger partial charge on any atom is -0.497 e. The van der Waals surface area contributed by atoms with Crippen LogP contribution in [0, 0.1) is 0 Å². The van der Waals surface area contributed by atoms with Gasteiger partial charge in [0.15, 0.2) is 5.65 Å². The predicted octanol–water partition coefficient (Wildman–Crippen LogP) is 3.48.